The van der Waals surface area contributed by atoms with E-state index in [0.717, 1.165) is 25.1 Å². The van der Waals surface area contributed by atoms with Gasteiger partial charge in [0.1, 0.15) is 5.69 Å². The van der Waals surface area contributed by atoms with Gasteiger partial charge in [0.15, 0.2) is 5.82 Å². The van der Waals surface area contributed by atoms with Crippen molar-refractivity contribution >= 4 is 0 Å². The predicted octanol–water partition coefficient (Wildman–Crippen LogP) is 0.989. The lowest BCUT2D eigenvalue weighted by molar-refractivity contribution is 0.233. The summed E-state index contributed by atoms with van der Waals surface area (Å²) in [5.74, 6) is 1.36. The lowest BCUT2D eigenvalue weighted by Gasteiger charge is -2.31. The molecule has 2 N–H and O–H groups in total. The van der Waals surface area contributed by atoms with E-state index in [-0.39, 0.29) is 12.6 Å². The van der Waals surface area contributed by atoms with Crippen LogP contribution in [0.25, 0.3) is 0 Å². The summed E-state index contributed by atoms with van der Waals surface area (Å²) >= 11 is 0. The number of aryl methyl sites for hydroxylation is 1. The molecule has 2 heterocycles. The highest BCUT2D eigenvalue weighted by molar-refractivity contribution is 4.95. The monoisotopic (exact) mass is 306 g/mol. The predicted molar refractivity (Wildman–Crippen MR) is 77.8 cm³/mol. The third-order valence-electron chi connectivity index (χ3n) is 4.13. The van der Waals surface area contributed by atoms with Gasteiger partial charge in [-0.25, -0.2) is 4.68 Å². The van der Waals surface area contributed by atoms with Gasteiger partial charge in [-0.1, -0.05) is 30.1 Å². The Hall–Kier alpha value is -1.80. The Labute approximate surface area is 128 Å². The topological polar surface area (TPSA) is 102 Å². The van der Waals surface area contributed by atoms with E-state index in [9.17, 15) is 0 Å². The van der Waals surface area contributed by atoms with Gasteiger partial charge in [-0.05, 0) is 12.8 Å². The Kier molecular flexibility index (Phi) is 4.79. The molecule has 0 saturated heterocycles. The molecule has 22 heavy (non-hydrogen) atoms. The van der Waals surface area contributed by atoms with Crippen molar-refractivity contribution < 1.29 is 9.63 Å². The highest BCUT2D eigenvalue weighted by Gasteiger charge is 2.27. The van der Waals surface area contributed by atoms with Crippen molar-refractivity contribution in [3.05, 3.63) is 23.6 Å². The smallest absolute Gasteiger partial charge is 0.240 e. The van der Waals surface area contributed by atoms with Crippen LogP contribution in [0.3, 0.4) is 0 Å². The molecule has 0 radical (unpaired) electrons. The van der Waals surface area contributed by atoms with Crippen LogP contribution >= 0.6 is 0 Å². The fourth-order valence-electron chi connectivity index (χ4n) is 2.94. The quantitative estimate of drug-likeness (QED) is 0.820. The summed E-state index contributed by atoms with van der Waals surface area (Å²) in [6, 6.07) is 0.536. The first kappa shape index (κ1) is 15.1. The number of aromatic nitrogens is 5. The number of aliphatic hydroxyl groups excluding tert-OH is 1. The van der Waals surface area contributed by atoms with Gasteiger partial charge >= 0.3 is 0 Å². The molecule has 1 aliphatic rings. The first-order valence-corrected chi connectivity index (χ1v) is 7.86. The van der Waals surface area contributed by atoms with Gasteiger partial charge in [-0.3, -0.25) is 0 Å². The third-order valence-corrected chi connectivity index (χ3v) is 4.13. The van der Waals surface area contributed by atoms with Gasteiger partial charge in [0.25, 0.3) is 0 Å². The van der Waals surface area contributed by atoms with Gasteiger partial charge in [0, 0.05) is 12.5 Å². The Morgan fingerprint density at radius 2 is 2.27 bits per heavy atom. The summed E-state index contributed by atoms with van der Waals surface area (Å²) in [5, 5.41) is 24.7. The van der Waals surface area contributed by atoms with E-state index in [0.29, 0.717) is 24.2 Å². The van der Waals surface area contributed by atoms with Crippen LogP contribution in [0.15, 0.2) is 10.7 Å². The second kappa shape index (κ2) is 6.97. The van der Waals surface area contributed by atoms with Crippen molar-refractivity contribution in [2.24, 2.45) is 0 Å². The third kappa shape index (κ3) is 3.33. The molecule has 1 saturated carbocycles. The summed E-state index contributed by atoms with van der Waals surface area (Å²) in [7, 11) is 0. The highest BCUT2D eigenvalue weighted by Crippen LogP contribution is 2.28. The first-order valence-electron chi connectivity index (χ1n) is 7.86. The van der Waals surface area contributed by atoms with Crippen LogP contribution in [-0.2, 0) is 19.6 Å². The van der Waals surface area contributed by atoms with Gasteiger partial charge in [-0.15, -0.1) is 5.10 Å². The first-order chi connectivity index (χ1) is 10.8. The minimum atomic E-state index is -0.0768. The van der Waals surface area contributed by atoms with Crippen molar-refractivity contribution in [3.8, 4) is 0 Å². The molecule has 1 aliphatic carbocycles. The molecule has 3 rings (SSSR count). The average Bonchev–Trinajstić information content (AvgIpc) is 3.22. The zero-order valence-corrected chi connectivity index (χ0v) is 12.8. The molecular formula is C14H22N6O2. The van der Waals surface area contributed by atoms with E-state index in [4.69, 9.17) is 9.63 Å². The van der Waals surface area contributed by atoms with Crippen molar-refractivity contribution in [3.63, 3.8) is 0 Å². The maximum absolute atomic E-state index is 9.13. The molecule has 0 unspecified atom stereocenters. The normalized spacial score (nSPS) is 22.1. The van der Waals surface area contributed by atoms with Crippen LogP contribution < -0.4 is 5.32 Å². The molecule has 120 valence electrons. The number of nitrogens with zero attached hydrogens (tertiary/aromatic N) is 5. The van der Waals surface area contributed by atoms with Crippen molar-refractivity contribution in [2.75, 3.05) is 0 Å². The molecular weight excluding hydrogens is 284 g/mol. The Morgan fingerprint density at radius 1 is 1.41 bits per heavy atom. The lowest BCUT2D eigenvalue weighted by Crippen LogP contribution is -2.39. The van der Waals surface area contributed by atoms with Gasteiger partial charge < -0.3 is 14.9 Å². The van der Waals surface area contributed by atoms with E-state index in [1.165, 1.54) is 12.8 Å². The summed E-state index contributed by atoms with van der Waals surface area (Å²) in [5.41, 5.74) is 0.605. The average molecular weight is 306 g/mol. The van der Waals surface area contributed by atoms with Gasteiger partial charge in [-0.2, -0.15) is 4.98 Å². The summed E-state index contributed by atoms with van der Waals surface area (Å²) in [4.78, 5) is 4.32. The Morgan fingerprint density at radius 3 is 3.00 bits per heavy atom. The van der Waals surface area contributed by atoms with Crippen LogP contribution in [-0.4, -0.2) is 36.3 Å². The maximum Gasteiger partial charge on any atom is 0.240 e. The standard InChI is InChI=1S/C14H22N6O2/c1-2-13-16-14(22-18-13)7-15-11-5-3-4-6-12(11)20-8-10(9-21)17-19-20/h8,11-12,15,21H,2-7,9H2,1H3/t11-,12+/m0/s1. The zero-order chi connectivity index (χ0) is 15.4. The SMILES string of the molecule is CCc1noc(CN[C@H]2CCCC[C@H]2n2cc(CO)nn2)n1. The van der Waals surface area contributed by atoms with E-state index in [1.807, 2.05) is 17.8 Å². The molecule has 0 amide bonds. The Bertz CT molecular complexity index is 596. The molecule has 2 aromatic rings. The Balaban J connectivity index is 1.64. The molecule has 0 aromatic carbocycles. The molecule has 0 spiro atoms. The van der Waals surface area contributed by atoms with Crippen molar-refractivity contribution in [1.29, 1.82) is 0 Å². The number of hydrogen-bond donors (Lipinski definition) is 2. The number of nitrogens with one attached hydrogen (secondary N) is 1. The summed E-state index contributed by atoms with van der Waals surface area (Å²) < 4.78 is 7.09. The van der Waals surface area contributed by atoms with E-state index in [1.54, 1.807) is 0 Å². The molecule has 2 aromatic heterocycles. The molecule has 8 nitrogen and oxygen atoms in total. The van der Waals surface area contributed by atoms with Gasteiger partial charge in [0.05, 0.1) is 25.4 Å². The van der Waals surface area contributed by atoms with Crippen LogP contribution in [0.1, 0.15) is 56.1 Å². The second-order valence-corrected chi connectivity index (χ2v) is 5.65. The van der Waals surface area contributed by atoms with E-state index < -0.39 is 0 Å². The maximum atomic E-state index is 9.13. The van der Waals surface area contributed by atoms with Gasteiger partial charge in [0.2, 0.25) is 5.89 Å². The molecule has 8 heteroatoms. The minimum Gasteiger partial charge on any atom is -0.390 e. The van der Waals surface area contributed by atoms with Crippen molar-refractivity contribution in [2.45, 2.75) is 64.3 Å². The molecule has 2 atom stereocenters. The lowest BCUT2D eigenvalue weighted by atomic mass is 9.90. The molecule has 1 fully saturated rings. The number of hydrogen-bond acceptors (Lipinski definition) is 7. The van der Waals surface area contributed by atoms with Crippen LogP contribution in [0.4, 0.5) is 0 Å². The number of aliphatic hydroxyl groups is 1. The minimum absolute atomic E-state index is 0.0768. The van der Waals surface area contributed by atoms with Crippen molar-refractivity contribution in [1.82, 2.24) is 30.5 Å². The molecule has 0 bridgehead atoms. The summed E-state index contributed by atoms with van der Waals surface area (Å²) in [6.45, 7) is 2.49. The largest absolute Gasteiger partial charge is 0.390 e. The molecule has 0 aliphatic heterocycles. The zero-order valence-electron chi connectivity index (χ0n) is 12.8. The fraction of sp³-hybridized carbons (Fsp3) is 0.714. The van der Waals surface area contributed by atoms with E-state index in [2.05, 4.69) is 25.8 Å². The fourth-order valence-corrected chi connectivity index (χ4v) is 2.94. The van der Waals surface area contributed by atoms with Crippen LogP contribution in [0, 0.1) is 0 Å². The second-order valence-electron chi connectivity index (χ2n) is 5.65. The van der Waals surface area contributed by atoms with E-state index >= 15 is 0 Å². The summed E-state index contributed by atoms with van der Waals surface area (Å²) in [6.07, 6.45) is 7.10. The van der Waals surface area contributed by atoms with Crippen LogP contribution in [0.2, 0.25) is 0 Å². The van der Waals surface area contributed by atoms with Crippen LogP contribution in [0.5, 0.6) is 0 Å². The number of rotatable bonds is 6. The highest BCUT2D eigenvalue weighted by atomic mass is 16.5.